The number of ether oxygens (including phenoxy) is 2. The summed E-state index contributed by atoms with van der Waals surface area (Å²) < 4.78 is 11.5. The molecule has 2 N–H and O–H groups in total. The molecule has 0 bridgehead atoms. The molecule has 1 atom stereocenters. The van der Waals surface area contributed by atoms with Crippen molar-refractivity contribution in [2.75, 3.05) is 50.1 Å². The zero-order valence-corrected chi connectivity index (χ0v) is 21.6. The van der Waals surface area contributed by atoms with Gasteiger partial charge in [0.25, 0.3) is 5.91 Å². The second-order valence-corrected chi connectivity index (χ2v) is 11.0. The van der Waals surface area contributed by atoms with Crippen molar-refractivity contribution in [1.82, 2.24) is 10.2 Å². The summed E-state index contributed by atoms with van der Waals surface area (Å²) in [7, 11) is 1.97. The van der Waals surface area contributed by atoms with Gasteiger partial charge in [-0.2, -0.15) is 0 Å². The van der Waals surface area contributed by atoms with Gasteiger partial charge in [-0.15, -0.1) is 0 Å². The largest absolute Gasteiger partial charge is 0.414 e. The maximum atomic E-state index is 13.2. The quantitative estimate of drug-likeness (QED) is 0.568. The fraction of sp³-hybridized carbons (Fsp3) is 0.409. The van der Waals surface area contributed by atoms with Gasteiger partial charge >= 0.3 is 6.09 Å². The molecule has 2 aromatic rings. The van der Waals surface area contributed by atoms with E-state index in [0.29, 0.717) is 54.0 Å². The van der Waals surface area contributed by atoms with Gasteiger partial charge in [-0.3, -0.25) is 9.59 Å². The van der Waals surface area contributed by atoms with E-state index in [9.17, 15) is 14.4 Å². The maximum Gasteiger partial charge on any atom is 0.414 e. The Labute approximate surface area is 214 Å². The second-order valence-electron chi connectivity index (χ2n) is 8.18. The van der Waals surface area contributed by atoms with Crippen LogP contribution in [0.5, 0.6) is 5.06 Å². The molecule has 2 aliphatic rings. The van der Waals surface area contributed by atoms with E-state index < -0.39 is 17.5 Å². The molecule has 34 heavy (non-hydrogen) atoms. The van der Waals surface area contributed by atoms with E-state index in [4.69, 9.17) is 21.1 Å². The topological polar surface area (TPSA) is 100 Å². The van der Waals surface area contributed by atoms with Crippen LogP contribution in [0.15, 0.2) is 34.1 Å². The molecule has 2 fully saturated rings. The summed E-state index contributed by atoms with van der Waals surface area (Å²) in [6.45, 7) is 2.32. The minimum Gasteiger partial charge on any atom is -0.399 e. The lowest BCUT2D eigenvalue weighted by atomic mass is 9.97. The number of nitrogens with zero attached hydrogens (tertiary/aromatic N) is 2. The molecule has 0 radical (unpaired) electrons. The van der Waals surface area contributed by atoms with Crippen molar-refractivity contribution in [2.45, 2.75) is 18.4 Å². The second kappa shape index (κ2) is 10.6. The summed E-state index contributed by atoms with van der Waals surface area (Å²) in [5.74, 6) is -0.434. The number of likely N-dealkylation sites (N-methyl/N-ethyl adjacent to an activating group) is 1. The van der Waals surface area contributed by atoms with E-state index in [1.165, 1.54) is 11.3 Å². The number of nitrogens with one attached hydrogen (secondary N) is 2. The average Bonchev–Trinajstić information content (AvgIpc) is 3.39. The van der Waals surface area contributed by atoms with Gasteiger partial charge in [0.1, 0.15) is 5.54 Å². The Balaban J connectivity index is 1.45. The monoisotopic (exact) mass is 570 g/mol. The van der Waals surface area contributed by atoms with E-state index >= 15 is 0 Å². The van der Waals surface area contributed by atoms with Crippen LogP contribution < -0.4 is 20.3 Å². The Kier molecular flexibility index (Phi) is 7.78. The number of anilines is 2. The number of benzene rings is 1. The number of hydrogen-bond acceptors (Lipinski definition) is 7. The first kappa shape index (κ1) is 24.9. The molecule has 2 aliphatic heterocycles. The molecule has 0 spiro atoms. The van der Waals surface area contributed by atoms with Crippen molar-refractivity contribution in [3.63, 3.8) is 0 Å². The van der Waals surface area contributed by atoms with Crippen LogP contribution in [-0.4, -0.2) is 68.2 Å². The molecular formula is C22H24BrClN4O5S. The Morgan fingerprint density at radius 1 is 1.24 bits per heavy atom. The van der Waals surface area contributed by atoms with Gasteiger partial charge in [0.05, 0.1) is 21.1 Å². The van der Waals surface area contributed by atoms with Crippen LogP contribution in [0.2, 0.25) is 5.02 Å². The number of thiophene rings is 1. The van der Waals surface area contributed by atoms with E-state index in [0.717, 1.165) is 10.3 Å². The van der Waals surface area contributed by atoms with Crippen LogP contribution in [0.25, 0.3) is 0 Å². The normalized spacial score (nSPS) is 21.3. The Morgan fingerprint density at radius 3 is 2.74 bits per heavy atom. The predicted molar refractivity (Wildman–Crippen MR) is 134 cm³/mol. The molecular weight excluding hydrogens is 548 g/mol. The van der Waals surface area contributed by atoms with Crippen LogP contribution in [0.1, 0.15) is 12.8 Å². The molecule has 0 saturated carbocycles. The van der Waals surface area contributed by atoms with Gasteiger partial charge < -0.3 is 29.9 Å². The van der Waals surface area contributed by atoms with Crippen molar-refractivity contribution in [3.05, 3.63) is 39.1 Å². The zero-order valence-electron chi connectivity index (χ0n) is 18.4. The Bertz CT molecular complexity index is 1090. The SMILES string of the molecule is CN1CCC(=O)N(c2ccc(NC(=O)C3(NC(=O)Oc4ccc(Br)s4)CCOC3)cc2Cl)CC1. The number of carbonyl (C=O) groups excluding carboxylic acids is 3. The summed E-state index contributed by atoms with van der Waals surface area (Å²) in [6.07, 6.45) is -0.0325. The Hall–Kier alpha value is -2.18. The van der Waals surface area contributed by atoms with Crippen LogP contribution in [-0.2, 0) is 14.3 Å². The summed E-state index contributed by atoms with van der Waals surface area (Å²) in [6, 6.07) is 8.42. The van der Waals surface area contributed by atoms with Crippen LogP contribution in [0.4, 0.5) is 16.2 Å². The van der Waals surface area contributed by atoms with E-state index in [1.807, 2.05) is 7.05 Å². The number of halogens is 2. The molecule has 1 unspecified atom stereocenters. The fourth-order valence-corrected chi connectivity index (χ4v) is 5.28. The number of carbonyl (C=O) groups is 3. The lowest BCUT2D eigenvalue weighted by Gasteiger charge is -2.27. The minimum atomic E-state index is -1.28. The highest BCUT2D eigenvalue weighted by atomic mass is 79.9. The molecule has 1 aromatic heterocycles. The third-order valence-electron chi connectivity index (χ3n) is 5.75. The molecule has 12 heteroatoms. The summed E-state index contributed by atoms with van der Waals surface area (Å²) in [5, 5.41) is 6.23. The minimum absolute atomic E-state index is 0.00516. The lowest BCUT2D eigenvalue weighted by molar-refractivity contribution is -0.122. The van der Waals surface area contributed by atoms with Gasteiger partial charge in [-0.1, -0.05) is 22.9 Å². The number of amides is 3. The van der Waals surface area contributed by atoms with Crippen molar-refractivity contribution in [1.29, 1.82) is 0 Å². The van der Waals surface area contributed by atoms with Gasteiger partial charge in [0, 0.05) is 44.8 Å². The zero-order chi connectivity index (χ0) is 24.3. The molecule has 4 rings (SSSR count). The smallest absolute Gasteiger partial charge is 0.399 e. The first-order chi connectivity index (χ1) is 16.3. The molecule has 2 saturated heterocycles. The molecule has 9 nitrogen and oxygen atoms in total. The average molecular weight is 572 g/mol. The molecule has 182 valence electrons. The van der Waals surface area contributed by atoms with Gasteiger partial charge in [-0.25, -0.2) is 4.79 Å². The number of hydrogen-bond donors (Lipinski definition) is 2. The van der Waals surface area contributed by atoms with Gasteiger partial charge in [-0.05, 0) is 53.3 Å². The molecule has 1 aromatic carbocycles. The number of rotatable bonds is 5. The lowest BCUT2D eigenvalue weighted by Crippen LogP contribution is -2.58. The van der Waals surface area contributed by atoms with Crippen LogP contribution >= 0.6 is 38.9 Å². The van der Waals surface area contributed by atoms with Gasteiger partial charge in [0.2, 0.25) is 5.91 Å². The third kappa shape index (κ3) is 5.72. The fourth-order valence-electron chi connectivity index (χ4n) is 3.80. The van der Waals surface area contributed by atoms with Gasteiger partial charge in [0.15, 0.2) is 5.06 Å². The van der Waals surface area contributed by atoms with Crippen molar-refractivity contribution < 1.29 is 23.9 Å². The van der Waals surface area contributed by atoms with Crippen LogP contribution in [0.3, 0.4) is 0 Å². The van der Waals surface area contributed by atoms with E-state index in [-0.39, 0.29) is 12.5 Å². The summed E-state index contributed by atoms with van der Waals surface area (Å²) in [5.41, 5.74) is -0.230. The van der Waals surface area contributed by atoms with E-state index in [1.54, 1.807) is 35.2 Å². The third-order valence-corrected chi connectivity index (χ3v) is 7.55. The standard InChI is InChI=1S/C22H24BrClN4O5S/c1-27-8-6-18(29)28(10-9-27)16-3-2-14(12-15(16)24)25-20(30)22(7-11-32-13-22)26-21(31)33-19-5-4-17(23)34-19/h2-5,12H,6-11,13H2,1H3,(H,25,30)(H,26,31). The van der Waals surface area contributed by atoms with Crippen molar-refractivity contribution >= 4 is 68.2 Å². The first-order valence-corrected chi connectivity index (χ1v) is 12.7. The highest BCUT2D eigenvalue weighted by molar-refractivity contribution is 9.11. The summed E-state index contributed by atoms with van der Waals surface area (Å²) in [4.78, 5) is 41.9. The van der Waals surface area contributed by atoms with Crippen molar-refractivity contribution in [3.8, 4) is 5.06 Å². The highest BCUT2D eigenvalue weighted by Crippen LogP contribution is 2.32. The molecule has 3 heterocycles. The van der Waals surface area contributed by atoms with E-state index in [2.05, 4.69) is 31.5 Å². The van der Waals surface area contributed by atoms with Crippen LogP contribution in [0, 0.1) is 0 Å². The summed E-state index contributed by atoms with van der Waals surface area (Å²) >= 11 is 11.1. The Morgan fingerprint density at radius 2 is 2.06 bits per heavy atom. The maximum absolute atomic E-state index is 13.2. The molecule has 0 aliphatic carbocycles. The predicted octanol–water partition coefficient (Wildman–Crippen LogP) is 3.72. The molecule has 3 amide bonds. The first-order valence-electron chi connectivity index (χ1n) is 10.7. The highest BCUT2D eigenvalue weighted by Gasteiger charge is 2.44. The van der Waals surface area contributed by atoms with Crippen molar-refractivity contribution in [2.24, 2.45) is 0 Å².